The molecule has 2 N–H and O–H groups in total. The Morgan fingerprint density at radius 3 is 2.27 bits per heavy atom. The lowest BCUT2D eigenvalue weighted by Crippen LogP contribution is -2.36. The molecule has 0 atom stereocenters. The van der Waals surface area contributed by atoms with Crippen LogP contribution in [0.2, 0.25) is 0 Å². The van der Waals surface area contributed by atoms with Crippen LogP contribution in [0.4, 0.5) is 11.4 Å². The highest BCUT2D eigenvalue weighted by Gasteiger charge is 2.13. The van der Waals surface area contributed by atoms with Gasteiger partial charge in [0.05, 0.1) is 13.2 Å². The van der Waals surface area contributed by atoms with Crippen LogP contribution in [-0.4, -0.2) is 44.7 Å². The van der Waals surface area contributed by atoms with Crippen LogP contribution in [0.15, 0.2) is 48.5 Å². The van der Waals surface area contributed by atoms with E-state index >= 15 is 0 Å². The van der Waals surface area contributed by atoms with Gasteiger partial charge in [-0.15, -0.1) is 0 Å². The number of carbonyl (C=O) groups excluding carboxylic acids is 2. The van der Waals surface area contributed by atoms with E-state index in [0.717, 1.165) is 39.1 Å². The van der Waals surface area contributed by atoms with Crippen LogP contribution in [0.1, 0.15) is 37.3 Å². The fourth-order valence-electron chi connectivity index (χ4n) is 3.41. The van der Waals surface area contributed by atoms with Gasteiger partial charge >= 0.3 is 11.8 Å². The number of amides is 2. The quantitative estimate of drug-likeness (QED) is 0.544. The van der Waals surface area contributed by atoms with Crippen LogP contribution in [0.3, 0.4) is 0 Å². The number of ether oxygens (including phenoxy) is 1. The molecule has 1 saturated heterocycles. The molecule has 0 saturated carbocycles. The van der Waals surface area contributed by atoms with Gasteiger partial charge in [-0.25, -0.2) is 0 Å². The molecule has 1 heterocycles. The van der Waals surface area contributed by atoms with Crippen LogP contribution in [0.25, 0.3) is 0 Å². The van der Waals surface area contributed by atoms with Gasteiger partial charge in [-0.3, -0.25) is 9.59 Å². The van der Waals surface area contributed by atoms with Crippen molar-refractivity contribution in [3.63, 3.8) is 0 Å². The minimum absolute atomic E-state index is 0.425. The Bertz CT molecular complexity index is 826. The van der Waals surface area contributed by atoms with E-state index in [1.807, 2.05) is 24.3 Å². The minimum Gasteiger partial charge on any atom is -0.378 e. The topological polar surface area (TPSA) is 70.7 Å². The molecule has 30 heavy (non-hydrogen) atoms. The van der Waals surface area contributed by atoms with Gasteiger partial charge in [-0.1, -0.05) is 38.1 Å². The summed E-state index contributed by atoms with van der Waals surface area (Å²) in [5.74, 6) is -0.818. The van der Waals surface area contributed by atoms with Gasteiger partial charge in [0, 0.05) is 31.0 Å². The van der Waals surface area contributed by atoms with Crippen molar-refractivity contribution < 1.29 is 14.3 Å². The summed E-state index contributed by atoms with van der Waals surface area (Å²) in [5.41, 5.74) is 4.25. The number of nitrogens with zero attached hydrogens (tertiary/aromatic N) is 1. The molecule has 160 valence electrons. The Hall–Kier alpha value is -2.86. The summed E-state index contributed by atoms with van der Waals surface area (Å²) in [6.45, 7) is 8.09. The zero-order chi connectivity index (χ0) is 21.3. The average molecular weight is 410 g/mol. The van der Waals surface area contributed by atoms with Gasteiger partial charge in [0.2, 0.25) is 0 Å². The van der Waals surface area contributed by atoms with Gasteiger partial charge in [0.15, 0.2) is 0 Å². The second kappa shape index (κ2) is 10.8. The average Bonchev–Trinajstić information content (AvgIpc) is 2.78. The highest BCUT2D eigenvalue weighted by molar-refractivity contribution is 6.39. The molecule has 0 aliphatic carbocycles. The van der Waals surface area contributed by atoms with Gasteiger partial charge in [-0.2, -0.15) is 0 Å². The fraction of sp³-hybridized carbons (Fsp3) is 0.417. The lowest BCUT2D eigenvalue weighted by molar-refractivity contribution is -0.136. The zero-order valence-electron chi connectivity index (χ0n) is 17.8. The summed E-state index contributed by atoms with van der Waals surface area (Å²) in [6.07, 6.45) is 1.63. The molecule has 6 nitrogen and oxygen atoms in total. The van der Waals surface area contributed by atoms with Crippen LogP contribution in [0.5, 0.6) is 0 Å². The van der Waals surface area contributed by atoms with Crippen LogP contribution in [-0.2, 0) is 20.7 Å². The summed E-state index contributed by atoms with van der Waals surface area (Å²) in [4.78, 5) is 26.4. The Labute approximate surface area is 178 Å². The standard InChI is InChI=1S/C24H31N3O3/c1-18(2)20-7-9-21(10-8-20)26-24(29)23(28)25-13-3-4-19-5-11-22(12-6-19)27-14-16-30-17-15-27/h5-12,18H,3-4,13-17H2,1-2H3,(H,25,28)(H,26,29). The summed E-state index contributed by atoms with van der Waals surface area (Å²) >= 11 is 0. The van der Waals surface area contributed by atoms with E-state index in [9.17, 15) is 9.59 Å². The van der Waals surface area contributed by atoms with Crippen molar-refractivity contribution in [1.82, 2.24) is 5.32 Å². The van der Waals surface area contributed by atoms with E-state index < -0.39 is 11.8 Å². The smallest absolute Gasteiger partial charge is 0.313 e. The molecule has 0 unspecified atom stereocenters. The fourth-order valence-corrected chi connectivity index (χ4v) is 3.41. The van der Waals surface area contributed by atoms with Gasteiger partial charge < -0.3 is 20.3 Å². The van der Waals surface area contributed by atoms with Crippen molar-refractivity contribution in [2.24, 2.45) is 0 Å². The Morgan fingerprint density at radius 2 is 1.63 bits per heavy atom. The third-order valence-electron chi connectivity index (χ3n) is 5.28. The molecule has 0 aromatic heterocycles. The van der Waals surface area contributed by atoms with E-state index in [4.69, 9.17) is 4.74 Å². The predicted molar refractivity (Wildman–Crippen MR) is 120 cm³/mol. The molecule has 2 aromatic rings. The molecule has 1 fully saturated rings. The second-order valence-corrected chi connectivity index (χ2v) is 7.86. The molecule has 0 radical (unpaired) electrons. The number of benzene rings is 2. The summed E-state index contributed by atoms with van der Waals surface area (Å²) in [7, 11) is 0. The maximum Gasteiger partial charge on any atom is 0.313 e. The molecule has 2 amide bonds. The van der Waals surface area contributed by atoms with Crippen molar-refractivity contribution in [3.8, 4) is 0 Å². The Morgan fingerprint density at radius 1 is 0.967 bits per heavy atom. The number of anilines is 2. The normalized spacial score (nSPS) is 13.9. The second-order valence-electron chi connectivity index (χ2n) is 7.86. The van der Waals surface area contributed by atoms with Crippen LogP contribution < -0.4 is 15.5 Å². The van der Waals surface area contributed by atoms with Crippen LogP contribution >= 0.6 is 0 Å². The van der Waals surface area contributed by atoms with E-state index in [0.29, 0.717) is 18.2 Å². The molecule has 0 bridgehead atoms. The summed E-state index contributed by atoms with van der Waals surface area (Å²) in [5, 5.41) is 5.33. The summed E-state index contributed by atoms with van der Waals surface area (Å²) in [6, 6.07) is 16.1. The number of hydrogen-bond acceptors (Lipinski definition) is 4. The lowest BCUT2D eigenvalue weighted by Gasteiger charge is -2.28. The number of hydrogen-bond donors (Lipinski definition) is 2. The first-order valence-corrected chi connectivity index (χ1v) is 10.6. The van der Waals surface area contributed by atoms with Crippen LogP contribution in [0, 0.1) is 0 Å². The predicted octanol–water partition coefficient (Wildman–Crippen LogP) is 3.33. The molecule has 2 aromatic carbocycles. The number of carbonyl (C=O) groups is 2. The lowest BCUT2D eigenvalue weighted by atomic mass is 10.0. The van der Waals surface area contributed by atoms with Crippen molar-refractivity contribution in [2.45, 2.75) is 32.6 Å². The molecule has 1 aliphatic rings. The SMILES string of the molecule is CC(C)c1ccc(NC(=O)C(=O)NCCCc2ccc(N3CCOCC3)cc2)cc1. The number of nitrogens with one attached hydrogen (secondary N) is 2. The number of aryl methyl sites for hydroxylation is 1. The van der Waals surface area contributed by atoms with Gasteiger partial charge in [-0.05, 0) is 54.2 Å². The third kappa shape index (κ3) is 6.32. The first-order valence-electron chi connectivity index (χ1n) is 10.6. The number of morpholine rings is 1. The third-order valence-corrected chi connectivity index (χ3v) is 5.28. The molecule has 1 aliphatic heterocycles. The molecule has 6 heteroatoms. The minimum atomic E-state index is -0.637. The molecular weight excluding hydrogens is 378 g/mol. The maximum absolute atomic E-state index is 12.0. The maximum atomic E-state index is 12.0. The molecule has 3 rings (SSSR count). The monoisotopic (exact) mass is 409 g/mol. The summed E-state index contributed by atoms with van der Waals surface area (Å²) < 4.78 is 5.39. The van der Waals surface area contributed by atoms with E-state index in [-0.39, 0.29) is 0 Å². The molecular formula is C24H31N3O3. The Balaban J connectivity index is 1.37. The molecule has 0 spiro atoms. The van der Waals surface area contributed by atoms with Crippen molar-refractivity contribution in [3.05, 3.63) is 59.7 Å². The largest absolute Gasteiger partial charge is 0.378 e. The van der Waals surface area contributed by atoms with E-state index in [1.54, 1.807) is 0 Å². The highest BCUT2D eigenvalue weighted by atomic mass is 16.5. The van der Waals surface area contributed by atoms with E-state index in [1.165, 1.54) is 16.8 Å². The first kappa shape index (κ1) is 21.8. The highest BCUT2D eigenvalue weighted by Crippen LogP contribution is 2.18. The van der Waals surface area contributed by atoms with Gasteiger partial charge in [0.25, 0.3) is 0 Å². The Kier molecular flexibility index (Phi) is 7.85. The van der Waals surface area contributed by atoms with E-state index in [2.05, 4.69) is 53.6 Å². The number of rotatable bonds is 7. The van der Waals surface area contributed by atoms with Crippen molar-refractivity contribution in [1.29, 1.82) is 0 Å². The first-order chi connectivity index (χ1) is 14.5. The van der Waals surface area contributed by atoms with Gasteiger partial charge in [0.1, 0.15) is 0 Å². The van der Waals surface area contributed by atoms with Crippen molar-refractivity contribution >= 4 is 23.2 Å². The zero-order valence-corrected chi connectivity index (χ0v) is 17.8. The van der Waals surface area contributed by atoms with Crippen molar-refractivity contribution in [2.75, 3.05) is 43.1 Å².